The monoisotopic (exact) mass is 358 g/mol. The van der Waals surface area contributed by atoms with Gasteiger partial charge in [-0.3, -0.25) is 4.90 Å². The molecular formula is C15H22N2O6S. The van der Waals surface area contributed by atoms with Crippen LogP contribution in [0.15, 0.2) is 30.3 Å². The number of ether oxygens (including phenoxy) is 3. The molecule has 1 fully saturated rings. The Morgan fingerprint density at radius 2 is 2.00 bits per heavy atom. The SMILES string of the molecule is COCCOCCS(=O)(=O)NCC1CN(c2ccccc2)C(=O)O1. The maximum Gasteiger partial charge on any atom is 0.414 e. The predicted molar refractivity (Wildman–Crippen MR) is 88.5 cm³/mol. The van der Waals surface area contributed by atoms with E-state index >= 15 is 0 Å². The molecule has 1 saturated heterocycles. The first kappa shape index (κ1) is 18.7. The standard InChI is InChI=1S/C15H22N2O6S/c1-21-7-8-22-9-10-24(19,20)16-11-14-12-17(15(18)23-14)13-5-3-2-4-6-13/h2-6,14,16H,7-12H2,1H3. The molecule has 2 rings (SSSR count). The fourth-order valence-electron chi connectivity index (χ4n) is 2.15. The van der Waals surface area contributed by atoms with E-state index in [0.717, 1.165) is 5.69 Å². The van der Waals surface area contributed by atoms with E-state index in [9.17, 15) is 13.2 Å². The van der Waals surface area contributed by atoms with Crippen molar-refractivity contribution in [2.75, 3.05) is 50.7 Å². The van der Waals surface area contributed by atoms with Crippen LogP contribution in [0.3, 0.4) is 0 Å². The van der Waals surface area contributed by atoms with E-state index in [0.29, 0.717) is 19.8 Å². The molecule has 1 aliphatic heterocycles. The van der Waals surface area contributed by atoms with Crippen LogP contribution < -0.4 is 9.62 Å². The lowest BCUT2D eigenvalue weighted by atomic mass is 10.3. The van der Waals surface area contributed by atoms with Gasteiger partial charge in [-0.2, -0.15) is 0 Å². The summed E-state index contributed by atoms with van der Waals surface area (Å²) in [5, 5.41) is 0. The summed E-state index contributed by atoms with van der Waals surface area (Å²) in [6.45, 7) is 1.18. The summed E-state index contributed by atoms with van der Waals surface area (Å²) >= 11 is 0. The quantitative estimate of drug-likeness (QED) is 0.616. The van der Waals surface area contributed by atoms with E-state index in [1.807, 2.05) is 18.2 Å². The second-order valence-corrected chi connectivity index (χ2v) is 7.15. The van der Waals surface area contributed by atoms with Gasteiger partial charge in [0, 0.05) is 19.3 Å². The fourth-order valence-corrected chi connectivity index (χ4v) is 3.07. The third-order valence-electron chi connectivity index (χ3n) is 3.40. The molecule has 9 heteroatoms. The van der Waals surface area contributed by atoms with Gasteiger partial charge in [0.25, 0.3) is 0 Å². The summed E-state index contributed by atoms with van der Waals surface area (Å²) < 4.78 is 41.3. The first-order valence-corrected chi connectivity index (χ1v) is 9.24. The van der Waals surface area contributed by atoms with Gasteiger partial charge in [-0.15, -0.1) is 0 Å². The highest BCUT2D eigenvalue weighted by Crippen LogP contribution is 2.20. The van der Waals surface area contributed by atoms with Crippen molar-refractivity contribution in [2.24, 2.45) is 0 Å². The van der Waals surface area contributed by atoms with Gasteiger partial charge in [-0.25, -0.2) is 17.9 Å². The van der Waals surface area contributed by atoms with Crippen molar-refractivity contribution in [2.45, 2.75) is 6.10 Å². The Balaban J connectivity index is 1.75. The Morgan fingerprint density at radius 1 is 1.25 bits per heavy atom. The lowest BCUT2D eigenvalue weighted by Gasteiger charge is -2.13. The number of carbonyl (C=O) groups excluding carboxylic acids is 1. The number of anilines is 1. The topological polar surface area (TPSA) is 94.2 Å². The normalized spacial score (nSPS) is 18.0. The van der Waals surface area contributed by atoms with Gasteiger partial charge in [-0.05, 0) is 12.1 Å². The van der Waals surface area contributed by atoms with Crippen molar-refractivity contribution in [3.8, 4) is 0 Å². The van der Waals surface area contributed by atoms with Gasteiger partial charge in [0.05, 0.1) is 32.1 Å². The third-order valence-corrected chi connectivity index (χ3v) is 4.71. The number of rotatable bonds is 10. The summed E-state index contributed by atoms with van der Waals surface area (Å²) in [6.07, 6.45) is -1.00. The zero-order chi connectivity index (χ0) is 17.4. The lowest BCUT2D eigenvalue weighted by molar-refractivity contribution is 0.0784. The Morgan fingerprint density at radius 3 is 2.71 bits per heavy atom. The molecule has 8 nitrogen and oxygen atoms in total. The first-order chi connectivity index (χ1) is 11.5. The van der Waals surface area contributed by atoms with Gasteiger partial charge < -0.3 is 14.2 Å². The molecule has 24 heavy (non-hydrogen) atoms. The van der Waals surface area contributed by atoms with E-state index in [1.165, 1.54) is 4.90 Å². The minimum absolute atomic E-state index is 0.0372. The first-order valence-electron chi connectivity index (χ1n) is 7.59. The number of nitrogens with one attached hydrogen (secondary N) is 1. The number of cyclic esters (lactones) is 1. The van der Waals surface area contributed by atoms with Crippen molar-refractivity contribution >= 4 is 21.8 Å². The number of amides is 1. The van der Waals surface area contributed by atoms with Gasteiger partial charge in [0.15, 0.2) is 0 Å². The van der Waals surface area contributed by atoms with Crippen molar-refractivity contribution in [1.82, 2.24) is 4.72 Å². The van der Waals surface area contributed by atoms with E-state index < -0.39 is 22.2 Å². The minimum atomic E-state index is -3.48. The Bertz CT molecular complexity index is 622. The number of sulfonamides is 1. The zero-order valence-electron chi connectivity index (χ0n) is 13.5. The fraction of sp³-hybridized carbons (Fsp3) is 0.533. The summed E-state index contributed by atoms with van der Waals surface area (Å²) in [5.74, 6) is -0.153. The number of carbonyl (C=O) groups is 1. The molecule has 0 aromatic heterocycles. The molecule has 0 radical (unpaired) electrons. The van der Waals surface area contributed by atoms with Crippen LogP contribution in [0, 0.1) is 0 Å². The average Bonchev–Trinajstić information content (AvgIpc) is 2.95. The molecular weight excluding hydrogens is 336 g/mol. The Hall–Kier alpha value is -1.68. The maximum absolute atomic E-state index is 11.9. The lowest BCUT2D eigenvalue weighted by Crippen LogP contribution is -2.36. The molecule has 1 atom stereocenters. The molecule has 1 amide bonds. The zero-order valence-corrected chi connectivity index (χ0v) is 14.3. The highest BCUT2D eigenvalue weighted by atomic mass is 32.2. The smallest absolute Gasteiger partial charge is 0.414 e. The summed E-state index contributed by atoms with van der Waals surface area (Å²) in [5.41, 5.74) is 0.722. The Kier molecular flexibility index (Phi) is 6.98. The molecule has 1 heterocycles. The van der Waals surface area contributed by atoms with Crippen molar-refractivity contribution in [1.29, 1.82) is 0 Å². The van der Waals surface area contributed by atoms with Crippen LogP contribution in [0.25, 0.3) is 0 Å². The highest BCUT2D eigenvalue weighted by Gasteiger charge is 2.32. The van der Waals surface area contributed by atoms with Crippen LogP contribution in [0.2, 0.25) is 0 Å². The van der Waals surface area contributed by atoms with E-state index in [1.54, 1.807) is 19.2 Å². The summed E-state index contributed by atoms with van der Waals surface area (Å²) in [7, 11) is -1.94. The largest absolute Gasteiger partial charge is 0.443 e. The maximum atomic E-state index is 11.9. The number of benzene rings is 1. The van der Waals surface area contributed by atoms with E-state index in [4.69, 9.17) is 14.2 Å². The Labute approximate surface area is 141 Å². The van der Waals surface area contributed by atoms with Crippen LogP contribution >= 0.6 is 0 Å². The minimum Gasteiger partial charge on any atom is -0.443 e. The summed E-state index contributed by atoms with van der Waals surface area (Å²) in [4.78, 5) is 13.4. The number of para-hydroxylation sites is 1. The van der Waals surface area contributed by atoms with Crippen LogP contribution in [0.5, 0.6) is 0 Å². The van der Waals surface area contributed by atoms with Gasteiger partial charge in [0.2, 0.25) is 10.0 Å². The van der Waals surface area contributed by atoms with Crippen LogP contribution in [0.4, 0.5) is 10.5 Å². The van der Waals surface area contributed by atoms with Crippen LogP contribution in [0.1, 0.15) is 0 Å². The van der Waals surface area contributed by atoms with Crippen molar-refractivity contribution in [3.05, 3.63) is 30.3 Å². The molecule has 0 spiro atoms. The molecule has 1 aromatic carbocycles. The van der Waals surface area contributed by atoms with E-state index in [-0.39, 0.29) is 18.9 Å². The van der Waals surface area contributed by atoms with Crippen molar-refractivity contribution in [3.63, 3.8) is 0 Å². The molecule has 1 aromatic rings. The van der Waals surface area contributed by atoms with Gasteiger partial charge in [0.1, 0.15) is 6.10 Å². The highest BCUT2D eigenvalue weighted by molar-refractivity contribution is 7.89. The second kappa shape index (κ2) is 8.97. The molecule has 1 unspecified atom stereocenters. The molecule has 134 valence electrons. The number of methoxy groups -OCH3 is 1. The number of nitrogens with zero attached hydrogens (tertiary/aromatic N) is 1. The predicted octanol–water partition coefficient (Wildman–Crippen LogP) is 0.594. The van der Waals surface area contributed by atoms with E-state index in [2.05, 4.69) is 4.72 Å². The molecule has 0 saturated carbocycles. The molecule has 1 N–H and O–H groups in total. The van der Waals surface area contributed by atoms with Crippen molar-refractivity contribution < 1.29 is 27.4 Å². The third kappa shape index (κ3) is 5.75. The molecule has 1 aliphatic rings. The molecule has 0 bridgehead atoms. The number of hydrogen-bond acceptors (Lipinski definition) is 6. The van der Waals surface area contributed by atoms with Gasteiger partial charge in [-0.1, -0.05) is 18.2 Å². The van der Waals surface area contributed by atoms with Crippen LogP contribution in [-0.4, -0.2) is 66.4 Å². The summed E-state index contributed by atoms with van der Waals surface area (Å²) in [6, 6.07) is 9.09. The number of hydrogen-bond donors (Lipinski definition) is 1. The average molecular weight is 358 g/mol. The van der Waals surface area contributed by atoms with Gasteiger partial charge >= 0.3 is 6.09 Å². The second-order valence-electron chi connectivity index (χ2n) is 5.22. The van der Waals surface area contributed by atoms with Crippen LogP contribution in [-0.2, 0) is 24.2 Å². The molecule has 0 aliphatic carbocycles.